The van der Waals surface area contributed by atoms with Gasteiger partial charge in [0.15, 0.2) is 12.4 Å². The molecule has 12 heavy (non-hydrogen) atoms. The van der Waals surface area contributed by atoms with Crippen LogP contribution < -0.4 is 4.57 Å². The van der Waals surface area contributed by atoms with Crippen LogP contribution in [-0.2, 0) is 4.74 Å². The highest BCUT2D eigenvalue weighted by atomic mass is 16.5. The van der Waals surface area contributed by atoms with E-state index in [0.29, 0.717) is 6.61 Å². The molecule has 0 aliphatic rings. The molecule has 1 aromatic heterocycles. The van der Waals surface area contributed by atoms with Crippen molar-refractivity contribution in [3.05, 3.63) is 36.7 Å². The predicted molar refractivity (Wildman–Crippen MR) is 48.2 cm³/mol. The highest BCUT2D eigenvalue weighted by Crippen LogP contribution is 1.94. The summed E-state index contributed by atoms with van der Waals surface area (Å²) in [6, 6.07) is 5.93. The first-order valence-corrected chi connectivity index (χ1v) is 4.14. The average molecular weight is 164 g/mol. The minimum absolute atomic E-state index is 0.696. The molecular weight excluding hydrogens is 150 g/mol. The number of rotatable bonds is 3. The fraction of sp³-hybridized carbons (Fsp3) is 0.300. The SMILES string of the molecule is C/C=C(\OCC)[n+]1ccccc1. The minimum atomic E-state index is 0.696. The van der Waals surface area contributed by atoms with Gasteiger partial charge in [-0.25, -0.2) is 0 Å². The van der Waals surface area contributed by atoms with Crippen molar-refractivity contribution in [3.63, 3.8) is 0 Å². The standard InChI is InChI=1S/C10H14NO/c1-3-10(12-4-2)11-8-6-5-7-9-11/h3,5-9H,4H2,1-2H3/q+1/b10-3-. The van der Waals surface area contributed by atoms with Crippen molar-refractivity contribution in [2.75, 3.05) is 6.61 Å². The first-order chi connectivity index (χ1) is 5.88. The van der Waals surface area contributed by atoms with Crippen LogP contribution in [0.4, 0.5) is 0 Å². The van der Waals surface area contributed by atoms with Crippen LogP contribution in [0.15, 0.2) is 36.7 Å². The summed E-state index contributed by atoms with van der Waals surface area (Å²) in [4.78, 5) is 0. The Balaban J connectivity index is 2.82. The van der Waals surface area contributed by atoms with Gasteiger partial charge in [-0.2, -0.15) is 0 Å². The molecule has 0 aliphatic heterocycles. The molecule has 2 nitrogen and oxygen atoms in total. The van der Waals surface area contributed by atoms with Crippen molar-refractivity contribution in [1.82, 2.24) is 0 Å². The largest absolute Gasteiger partial charge is 0.445 e. The van der Waals surface area contributed by atoms with Crippen molar-refractivity contribution >= 4 is 5.88 Å². The van der Waals surface area contributed by atoms with Crippen molar-refractivity contribution < 1.29 is 9.30 Å². The van der Waals surface area contributed by atoms with E-state index in [1.54, 1.807) is 0 Å². The lowest BCUT2D eigenvalue weighted by Crippen LogP contribution is -2.32. The molecule has 0 N–H and O–H groups in total. The van der Waals surface area contributed by atoms with Crippen LogP contribution in [-0.4, -0.2) is 6.61 Å². The lowest BCUT2D eigenvalue weighted by Gasteiger charge is -1.99. The second-order valence-electron chi connectivity index (χ2n) is 2.34. The third-order valence-electron chi connectivity index (χ3n) is 1.51. The topological polar surface area (TPSA) is 13.1 Å². The molecule has 0 amide bonds. The molecule has 1 rings (SSSR count). The summed E-state index contributed by atoms with van der Waals surface area (Å²) in [7, 11) is 0. The number of nitrogens with zero attached hydrogens (tertiary/aromatic N) is 1. The average Bonchev–Trinajstić information content (AvgIpc) is 2.15. The van der Waals surface area contributed by atoms with E-state index < -0.39 is 0 Å². The predicted octanol–water partition coefficient (Wildman–Crippen LogP) is 1.83. The summed E-state index contributed by atoms with van der Waals surface area (Å²) in [5.41, 5.74) is 0. The first-order valence-electron chi connectivity index (χ1n) is 4.14. The van der Waals surface area contributed by atoms with Gasteiger partial charge in [-0.05, 0) is 13.8 Å². The fourth-order valence-electron chi connectivity index (χ4n) is 1.00. The molecule has 0 bridgehead atoms. The molecule has 1 heterocycles. The Bertz CT molecular complexity index is 254. The van der Waals surface area contributed by atoms with Gasteiger partial charge in [0.1, 0.15) is 0 Å². The van der Waals surface area contributed by atoms with Gasteiger partial charge < -0.3 is 4.74 Å². The van der Waals surface area contributed by atoms with Crippen LogP contribution >= 0.6 is 0 Å². The molecular formula is C10H14NO+. The van der Waals surface area contributed by atoms with Crippen LogP contribution in [0.5, 0.6) is 0 Å². The van der Waals surface area contributed by atoms with Gasteiger partial charge in [-0.15, -0.1) is 4.57 Å². The maximum atomic E-state index is 5.40. The number of pyridine rings is 1. The van der Waals surface area contributed by atoms with Crippen molar-refractivity contribution in [2.24, 2.45) is 0 Å². The highest BCUT2D eigenvalue weighted by Gasteiger charge is 2.06. The van der Waals surface area contributed by atoms with Crippen molar-refractivity contribution in [2.45, 2.75) is 13.8 Å². The third kappa shape index (κ3) is 2.09. The Morgan fingerprint density at radius 1 is 1.33 bits per heavy atom. The number of hydrogen-bond donors (Lipinski definition) is 0. The van der Waals surface area contributed by atoms with Crippen LogP contribution in [0.3, 0.4) is 0 Å². The van der Waals surface area contributed by atoms with Gasteiger partial charge in [0.05, 0.1) is 6.61 Å². The Kier molecular flexibility index (Phi) is 3.33. The molecule has 0 atom stereocenters. The van der Waals surface area contributed by atoms with E-state index in [1.165, 1.54) is 0 Å². The fourth-order valence-corrected chi connectivity index (χ4v) is 1.00. The quantitative estimate of drug-likeness (QED) is 0.490. The summed E-state index contributed by atoms with van der Waals surface area (Å²) >= 11 is 0. The second kappa shape index (κ2) is 4.54. The van der Waals surface area contributed by atoms with Crippen molar-refractivity contribution in [3.8, 4) is 0 Å². The van der Waals surface area contributed by atoms with E-state index in [9.17, 15) is 0 Å². The van der Waals surface area contributed by atoms with Gasteiger partial charge in [0.25, 0.3) is 0 Å². The second-order valence-corrected chi connectivity index (χ2v) is 2.34. The van der Waals surface area contributed by atoms with E-state index in [0.717, 1.165) is 5.88 Å². The monoisotopic (exact) mass is 164 g/mol. The molecule has 1 aromatic rings. The van der Waals surface area contributed by atoms with Crippen LogP contribution in [0.1, 0.15) is 13.8 Å². The molecule has 0 spiro atoms. The Morgan fingerprint density at radius 2 is 2.00 bits per heavy atom. The van der Waals surface area contributed by atoms with E-state index in [-0.39, 0.29) is 0 Å². The molecule has 0 saturated heterocycles. The molecule has 2 heteroatoms. The minimum Gasteiger partial charge on any atom is -0.445 e. The molecule has 0 aliphatic carbocycles. The molecule has 0 radical (unpaired) electrons. The Morgan fingerprint density at radius 3 is 2.50 bits per heavy atom. The zero-order valence-electron chi connectivity index (χ0n) is 7.53. The maximum absolute atomic E-state index is 5.40. The molecule has 0 aromatic carbocycles. The normalized spacial score (nSPS) is 11.3. The zero-order valence-corrected chi connectivity index (χ0v) is 7.53. The van der Waals surface area contributed by atoms with E-state index >= 15 is 0 Å². The molecule has 0 unspecified atom stereocenters. The molecule has 0 saturated carbocycles. The Labute approximate surface area is 73.1 Å². The van der Waals surface area contributed by atoms with E-state index in [4.69, 9.17) is 4.74 Å². The first kappa shape index (κ1) is 8.78. The summed E-state index contributed by atoms with van der Waals surface area (Å²) in [5, 5.41) is 0. The lowest BCUT2D eigenvalue weighted by molar-refractivity contribution is -0.601. The van der Waals surface area contributed by atoms with Crippen molar-refractivity contribution in [1.29, 1.82) is 0 Å². The molecule has 0 fully saturated rings. The number of ether oxygens (including phenoxy) is 1. The summed E-state index contributed by atoms with van der Waals surface area (Å²) < 4.78 is 7.35. The van der Waals surface area contributed by atoms with E-state index in [2.05, 4.69) is 0 Å². The van der Waals surface area contributed by atoms with Gasteiger partial charge in [0.2, 0.25) is 0 Å². The number of hydrogen-bond acceptors (Lipinski definition) is 1. The van der Waals surface area contributed by atoms with Crippen LogP contribution in [0.25, 0.3) is 5.88 Å². The van der Waals surface area contributed by atoms with Gasteiger partial charge >= 0.3 is 5.88 Å². The van der Waals surface area contributed by atoms with Crippen LogP contribution in [0, 0.1) is 0 Å². The number of allylic oxidation sites excluding steroid dienone is 1. The Hall–Kier alpha value is -1.31. The van der Waals surface area contributed by atoms with Gasteiger partial charge in [-0.3, -0.25) is 0 Å². The van der Waals surface area contributed by atoms with Crippen LogP contribution in [0.2, 0.25) is 0 Å². The summed E-state index contributed by atoms with van der Waals surface area (Å²) in [6.45, 7) is 4.64. The third-order valence-corrected chi connectivity index (χ3v) is 1.51. The zero-order chi connectivity index (χ0) is 8.81. The molecule has 64 valence electrons. The summed E-state index contributed by atoms with van der Waals surface area (Å²) in [5.74, 6) is 0.873. The summed E-state index contributed by atoms with van der Waals surface area (Å²) in [6.07, 6.45) is 5.87. The van der Waals surface area contributed by atoms with Gasteiger partial charge in [-0.1, -0.05) is 6.07 Å². The maximum Gasteiger partial charge on any atom is 0.368 e. The number of aromatic nitrogens is 1. The highest BCUT2D eigenvalue weighted by molar-refractivity contribution is 5.20. The van der Waals surface area contributed by atoms with E-state index in [1.807, 2.05) is 55.1 Å². The van der Waals surface area contributed by atoms with Gasteiger partial charge in [0, 0.05) is 18.2 Å². The lowest BCUT2D eigenvalue weighted by atomic mass is 10.5. The smallest absolute Gasteiger partial charge is 0.368 e.